The molecule has 1 saturated heterocycles. The van der Waals surface area contributed by atoms with Crippen molar-refractivity contribution in [1.29, 1.82) is 0 Å². The summed E-state index contributed by atoms with van der Waals surface area (Å²) < 4.78 is 0. The second kappa shape index (κ2) is 6.48. The normalized spacial score (nSPS) is 18.6. The summed E-state index contributed by atoms with van der Waals surface area (Å²) in [6, 6.07) is 0. The number of aliphatic carboxylic acids is 1. The van der Waals surface area contributed by atoms with Crippen LogP contribution in [0, 0.1) is 0 Å². The molecule has 1 aliphatic rings. The molecule has 0 bridgehead atoms. The summed E-state index contributed by atoms with van der Waals surface area (Å²) in [5.41, 5.74) is 0. The Hall–Kier alpha value is -1.10. The molecule has 0 radical (unpaired) electrons. The maximum absolute atomic E-state index is 11.6. The van der Waals surface area contributed by atoms with Crippen molar-refractivity contribution >= 4 is 11.9 Å². The predicted molar refractivity (Wildman–Crippen MR) is 60.2 cm³/mol. The van der Waals surface area contributed by atoms with E-state index in [1.54, 1.807) is 4.90 Å². The highest BCUT2D eigenvalue weighted by Gasteiger charge is 2.18. The molecule has 5 heteroatoms. The minimum atomic E-state index is -0.744. The minimum absolute atomic E-state index is 0.163. The van der Waals surface area contributed by atoms with Crippen LogP contribution < -0.4 is 0 Å². The number of rotatable bonds is 5. The van der Waals surface area contributed by atoms with E-state index in [4.69, 9.17) is 5.11 Å². The average Bonchev–Trinajstić information content (AvgIpc) is 2.37. The van der Waals surface area contributed by atoms with Crippen molar-refractivity contribution in [2.45, 2.75) is 25.7 Å². The van der Waals surface area contributed by atoms with Crippen LogP contribution in [0.15, 0.2) is 0 Å². The van der Waals surface area contributed by atoms with Gasteiger partial charge in [0.2, 0.25) is 5.91 Å². The number of hydrogen-bond donors (Lipinski definition) is 1. The number of carbonyl (C=O) groups is 2. The standard InChI is InChI=1S/C11H20N2O3/c1-12-6-4-8-13(9-10(12)14)7-3-2-5-11(15)16/h2-9H2,1H3,(H,15,16). The van der Waals surface area contributed by atoms with Gasteiger partial charge in [-0.25, -0.2) is 0 Å². The molecular formula is C11H20N2O3. The van der Waals surface area contributed by atoms with Gasteiger partial charge >= 0.3 is 5.97 Å². The molecule has 0 spiro atoms. The van der Waals surface area contributed by atoms with E-state index in [-0.39, 0.29) is 12.3 Å². The van der Waals surface area contributed by atoms with Gasteiger partial charge in [0.25, 0.3) is 0 Å². The Morgan fingerprint density at radius 2 is 2.12 bits per heavy atom. The van der Waals surface area contributed by atoms with Crippen molar-refractivity contribution in [3.05, 3.63) is 0 Å². The summed E-state index contributed by atoms with van der Waals surface area (Å²) in [6.45, 7) is 3.06. The number of carbonyl (C=O) groups excluding carboxylic acids is 1. The Morgan fingerprint density at radius 3 is 2.81 bits per heavy atom. The van der Waals surface area contributed by atoms with Crippen LogP contribution in [-0.4, -0.2) is 60.0 Å². The van der Waals surface area contributed by atoms with E-state index in [0.29, 0.717) is 13.0 Å². The van der Waals surface area contributed by atoms with E-state index in [2.05, 4.69) is 4.90 Å². The highest BCUT2D eigenvalue weighted by Crippen LogP contribution is 2.05. The molecule has 1 N–H and O–H groups in total. The monoisotopic (exact) mass is 228 g/mol. The zero-order valence-corrected chi connectivity index (χ0v) is 9.81. The van der Waals surface area contributed by atoms with Crippen molar-refractivity contribution in [2.24, 2.45) is 0 Å². The molecule has 0 aliphatic carbocycles. The van der Waals surface area contributed by atoms with Gasteiger partial charge in [-0.3, -0.25) is 14.5 Å². The van der Waals surface area contributed by atoms with Gasteiger partial charge < -0.3 is 10.0 Å². The number of amides is 1. The van der Waals surface area contributed by atoms with Crippen molar-refractivity contribution in [1.82, 2.24) is 9.80 Å². The van der Waals surface area contributed by atoms with Crippen molar-refractivity contribution in [3.63, 3.8) is 0 Å². The molecule has 5 nitrogen and oxygen atoms in total. The maximum Gasteiger partial charge on any atom is 0.303 e. The molecule has 92 valence electrons. The fraction of sp³-hybridized carbons (Fsp3) is 0.818. The topological polar surface area (TPSA) is 60.9 Å². The van der Waals surface area contributed by atoms with Crippen LogP contribution in [0.4, 0.5) is 0 Å². The molecule has 0 aromatic carbocycles. The lowest BCUT2D eigenvalue weighted by atomic mass is 10.2. The molecule has 1 rings (SSSR count). The lowest BCUT2D eigenvalue weighted by Crippen LogP contribution is -2.34. The minimum Gasteiger partial charge on any atom is -0.481 e. The lowest BCUT2D eigenvalue weighted by Gasteiger charge is -2.18. The molecule has 0 unspecified atom stereocenters. The third kappa shape index (κ3) is 4.61. The van der Waals surface area contributed by atoms with E-state index in [9.17, 15) is 9.59 Å². The van der Waals surface area contributed by atoms with Gasteiger partial charge in [-0.2, -0.15) is 0 Å². The molecule has 0 aromatic rings. The fourth-order valence-corrected chi connectivity index (χ4v) is 1.85. The number of carboxylic acids is 1. The molecule has 16 heavy (non-hydrogen) atoms. The Kier molecular flexibility index (Phi) is 5.25. The predicted octanol–water partition coefficient (Wildman–Crippen LogP) is 0.405. The summed E-state index contributed by atoms with van der Waals surface area (Å²) in [5.74, 6) is -0.581. The summed E-state index contributed by atoms with van der Waals surface area (Å²) in [5, 5.41) is 8.50. The molecule has 0 saturated carbocycles. The first kappa shape index (κ1) is 13.0. The largest absolute Gasteiger partial charge is 0.481 e. The second-order valence-corrected chi connectivity index (χ2v) is 4.30. The highest BCUT2D eigenvalue weighted by molar-refractivity contribution is 5.78. The highest BCUT2D eigenvalue weighted by atomic mass is 16.4. The SMILES string of the molecule is CN1CCCN(CCCCC(=O)O)CC1=O. The lowest BCUT2D eigenvalue weighted by molar-refractivity contribution is -0.137. The second-order valence-electron chi connectivity index (χ2n) is 4.30. The molecular weight excluding hydrogens is 208 g/mol. The van der Waals surface area contributed by atoms with Gasteiger partial charge in [0.15, 0.2) is 0 Å². The van der Waals surface area contributed by atoms with Crippen LogP contribution in [0.25, 0.3) is 0 Å². The number of carboxylic acid groups (broad SMARTS) is 1. The molecule has 0 atom stereocenters. The summed E-state index contributed by atoms with van der Waals surface area (Å²) in [7, 11) is 1.83. The van der Waals surface area contributed by atoms with E-state index < -0.39 is 5.97 Å². The molecule has 1 fully saturated rings. The fourth-order valence-electron chi connectivity index (χ4n) is 1.85. The van der Waals surface area contributed by atoms with Gasteiger partial charge in [0.05, 0.1) is 6.54 Å². The van der Waals surface area contributed by atoms with Crippen molar-refractivity contribution in [3.8, 4) is 0 Å². The third-order valence-electron chi connectivity index (χ3n) is 2.87. The summed E-state index contributed by atoms with van der Waals surface area (Å²) >= 11 is 0. The van der Waals surface area contributed by atoms with Crippen LogP contribution in [-0.2, 0) is 9.59 Å². The van der Waals surface area contributed by atoms with Crippen LogP contribution in [0.5, 0.6) is 0 Å². The van der Waals surface area contributed by atoms with E-state index in [0.717, 1.165) is 32.5 Å². The molecule has 1 heterocycles. The zero-order chi connectivity index (χ0) is 12.0. The Morgan fingerprint density at radius 1 is 1.38 bits per heavy atom. The number of likely N-dealkylation sites (N-methyl/N-ethyl adjacent to an activating group) is 1. The average molecular weight is 228 g/mol. The first-order valence-electron chi connectivity index (χ1n) is 5.77. The van der Waals surface area contributed by atoms with Crippen LogP contribution >= 0.6 is 0 Å². The Balaban J connectivity index is 2.21. The van der Waals surface area contributed by atoms with Crippen LogP contribution in [0.1, 0.15) is 25.7 Å². The maximum atomic E-state index is 11.6. The summed E-state index contributed by atoms with van der Waals surface area (Å²) in [4.78, 5) is 25.8. The van der Waals surface area contributed by atoms with Gasteiger partial charge in [-0.1, -0.05) is 0 Å². The Labute approximate surface area is 96.0 Å². The quantitative estimate of drug-likeness (QED) is 0.692. The Bertz CT molecular complexity index is 256. The van der Waals surface area contributed by atoms with Crippen molar-refractivity contribution in [2.75, 3.05) is 33.2 Å². The first-order chi connectivity index (χ1) is 7.59. The van der Waals surface area contributed by atoms with E-state index in [1.165, 1.54) is 0 Å². The zero-order valence-electron chi connectivity index (χ0n) is 9.81. The van der Waals surface area contributed by atoms with Crippen LogP contribution in [0.2, 0.25) is 0 Å². The van der Waals surface area contributed by atoms with Gasteiger partial charge in [0.1, 0.15) is 0 Å². The number of nitrogens with zero attached hydrogens (tertiary/aromatic N) is 2. The number of unbranched alkanes of at least 4 members (excludes halogenated alkanes) is 1. The molecule has 1 aliphatic heterocycles. The third-order valence-corrected chi connectivity index (χ3v) is 2.87. The van der Waals surface area contributed by atoms with E-state index in [1.807, 2.05) is 7.05 Å². The smallest absolute Gasteiger partial charge is 0.303 e. The van der Waals surface area contributed by atoms with Crippen LogP contribution in [0.3, 0.4) is 0 Å². The van der Waals surface area contributed by atoms with Gasteiger partial charge in [0, 0.05) is 26.6 Å². The number of hydrogen-bond acceptors (Lipinski definition) is 3. The molecule has 0 aromatic heterocycles. The van der Waals surface area contributed by atoms with Gasteiger partial charge in [-0.05, 0) is 25.8 Å². The van der Waals surface area contributed by atoms with Gasteiger partial charge in [-0.15, -0.1) is 0 Å². The first-order valence-corrected chi connectivity index (χ1v) is 5.77. The van der Waals surface area contributed by atoms with E-state index >= 15 is 0 Å². The molecule has 1 amide bonds. The van der Waals surface area contributed by atoms with Crippen molar-refractivity contribution < 1.29 is 14.7 Å². The summed E-state index contributed by atoms with van der Waals surface area (Å²) in [6.07, 6.45) is 2.77.